The molecule has 10 nitrogen and oxygen atoms in total. The summed E-state index contributed by atoms with van der Waals surface area (Å²) in [4.78, 5) is 35.8. The van der Waals surface area contributed by atoms with Crippen LogP contribution in [0.4, 0.5) is 28.8 Å². The van der Waals surface area contributed by atoms with Crippen molar-refractivity contribution in [2.24, 2.45) is 5.73 Å². The van der Waals surface area contributed by atoms with Crippen LogP contribution in [-0.2, 0) is 4.79 Å². The molecular formula is C20H19N7O3. The molecule has 2 heterocycles. The van der Waals surface area contributed by atoms with Gasteiger partial charge in [0.2, 0.25) is 17.7 Å². The maximum atomic E-state index is 11.8. The van der Waals surface area contributed by atoms with Crippen molar-refractivity contribution in [2.75, 3.05) is 23.1 Å². The van der Waals surface area contributed by atoms with Crippen LogP contribution in [0.2, 0.25) is 0 Å². The Kier molecular flexibility index (Phi) is 6.18. The topological polar surface area (TPSA) is 144 Å². The number of benzene rings is 1. The van der Waals surface area contributed by atoms with Gasteiger partial charge in [-0.3, -0.25) is 9.59 Å². The first-order chi connectivity index (χ1) is 14.5. The van der Waals surface area contributed by atoms with E-state index in [1.165, 1.54) is 19.4 Å². The number of ether oxygens (including phenoxy) is 1. The number of hydrogen-bond donors (Lipinski definition) is 4. The third-order valence-corrected chi connectivity index (χ3v) is 3.83. The quantitative estimate of drug-likeness (QED) is 0.419. The van der Waals surface area contributed by atoms with Gasteiger partial charge in [-0.1, -0.05) is 12.6 Å². The Labute approximate surface area is 172 Å². The maximum Gasteiger partial charge on any atom is 0.254 e. The summed E-state index contributed by atoms with van der Waals surface area (Å²) in [6.45, 7) is 3.42. The minimum absolute atomic E-state index is 0.105. The number of primary amides is 1. The highest BCUT2D eigenvalue weighted by Crippen LogP contribution is 2.23. The average molecular weight is 405 g/mol. The molecule has 0 spiro atoms. The Hall–Kier alpha value is -4.47. The first kappa shape index (κ1) is 20.3. The molecule has 3 aromatic rings. The van der Waals surface area contributed by atoms with Crippen molar-refractivity contribution in [3.63, 3.8) is 0 Å². The zero-order valence-electron chi connectivity index (χ0n) is 16.0. The highest BCUT2D eigenvalue weighted by molar-refractivity contribution is 6.00. The van der Waals surface area contributed by atoms with Crippen LogP contribution in [-0.4, -0.2) is 33.9 Å². The third kappa shape index (κ3) is 5.07. The monoisotopic (exact) mass is 405 g/mol. The minimum atomic E-state index is -0.689. The van der Waals surface area contributed by atoms with Crippen LogP contribution in [0.3, 0.4) is 0 Å². The van der Waals surface area contributed by atoms with Crippen molar-refractivity contribution in [3.05, 3.63) is 67.0 Å². The number of nitrogens with zero attached hydrogens (tertiary/aromatic N) is 3. The Morgan fingerprint density at radius 2 is 1.87 bits per heavy atom. The van der Waals surface area contributed by atoms with E-state index in [0.717, 1.165) is 0 Å². The van der Waals surface area contributed by atoms with E-state index in [1.807, 2.05) is 0 Å². The number of rotatable bonds is 8. The molecule has 3 rings (SSSR count). The van der Waals surface area contributed by atoms with E-state index in [0.29, 0.717) is 22.9 Å². The van der Waals surface area contributed by atoms with Crippen LogP contribution in [0.15, 0.2) is 61.4 Å². The van der Waals surface area contributed by atoms with E-state index in [4.69, 9.17) is 10.5 Å². The average Bonchev–Trinajstić information content (AvgIpc) is 2.74. The fraction of sp³-hybridized carbons (Fsp3) is 0.0500. The van der Waals surface area contributed by atoms with Gasteiger partial charge in [0, 0.05) is 23.6 Å². The van der Waals surface area contributed by atoms with Crippen molar-refractivity contribution in [2.45, 2.75) is 0 Å². The third-order valence-electron chi connectivity index (χ3n) is 3.83. The molecule has 152 valence electrons. The van der Waals surface area contributed by atoms with Crippen LogP contribution >= 0.6 is 0 Å². The summed E-state index contributed by atoms with van der Waals surface area (Å²) in [7, 11) is 1.52. The van der Waals surface area contributed by atoms with Crippen LogP contribution < -0.4 is 26.4 Å². The Bertz CT molecular complexity index is 1080. The lowest BCUT2D eigenvalue weighted by Crippen LogP contribution is -2.16. The van der Waals surface area contributed by atoms with Gasteiger partial charge in [0.15, 0.2) is 0 Å². The number of carbonyl (C=O) groups excluding carboxylic acids is 2. The Balaban J connectivity index is 1.86. The Morgan fingerprint density at radius 3 is 2.53 bits per heavy atom. The van der Waals surface area contributed by atoms with Crippen molar-refractivity contribution in [1.29, 1.82) is 0 Å². The second-order valence-corrected chi connectivity index (χ2v) is 5.93. The van der Waals surface area contributed by atoms with E-state index in [9.17, 15) is 9.59 Å². The second-order valence-electron chi connectivity index (χ2n) is 5.93. The number of nitrogens with two attached hydrogens (primary N) is 1. The summed E-state index contributed by atoms with van der Waals surface area (Å²) < 4.78 is 5.02. The second kappa shape index (κ2) is 9.15. The molecule has 0 aliphatic heterocycles. The minimum Gasteiger partial charge on any atom is -0.481 e. The SMILES string of the molecule is C=CC(=O)Nc1cccc(Nc2nc(Nc3ccc(OC)nc3)ncc2C(N)=O)c1. The van der Waals surface area contributed by atoms with Gasteiger partial charge in [0.1, 0.15) is 11.4 Å². The first-order valence-electron chi connectivity index (χ1n) is 8.73. The van der Waals surface area contributed by atoms with Crippen molar-refractivity contribution < 1.29 is 14.3 Å². The molecule has 0 bridgehead atoms. The molecule has 10 heteroatoms. The molecule has 0 radical (unpaired) electrons. The molecule has 0 atom stereocenters. The molecule has 30 heavy (non-hydrogen) atoms. The summed E-state index contributed by atoms with van der Waals surface area (Å²) in [6.07, 6.45) is 4.05. The van der Waals surface area contributed by atoms with Crippen LogP contribution in [0.25, 0.3) is 0 Å². The molecule has 0 unspecified atom stereocenters. The summed E-state index contributed by atoms with van der Waals surface area (Å²) in [5, 5.41) is 8.68. The number of amides is 2. The smallest absolute Gasteiger partial charge is 0.254 e. The fourth-order valence-corrected chi connectivity index (χ4v) is 2.43. The predicted octanol–water partition coefficient (Wildman–Crippen LogP) is 2.59. The van der Waals surface area contributed by atoms with Crippen LogP contribution in [0.1, 0.15) is 10.4 Å². The molecule has 2 aromatic heterocycles. The number of anilines is 5. The van der Waals surface area contributed by atoms with Gasteiger partial charge in [-0.05, 0) is 30.3 Å². The molecular weight excluding hydrogens is 386 g/mol. The lowest BCUT2D eigenvalue weighted by atomic mass is 10.2. The van der Waals surface area contributed by atoms with Gasteiger partial charge in [-0.25, -0.2) is 9.97 Å². The number of nitrogens with one attached hydrogen (secondary N) is 3. The maximum absolute atomic E-state index is 11.8. The number of pyridine rings is 1. The molecule has 0 saturated carbocycles. The molecule has 0 aliphatic carbocycles. The number of aromatic nitrogens is 3. The summed E-state index contributed by atoms with van der Waals surface area (Å²) in [6, 6.07) is 10.3. The highest BCUT2D eigenvalue weighted by atomic mass is 16.5. The molecule has 0 aliphatic rings. The summed E-state index contributed by atoms with van der Waals surface area (Å²) in [5.74, 6) is -0.131. The van der Waals surface area contributed by atoms with Crippen molar-refractivity contribution in [1.82, 2.24) is 15.0 Å². The summed E-state index contributed by atoms with van der Waals surface area (Å²) >= 11 is 0. The van der Waals surface area contributed by atoms with Gasteiger partial charge in [-0.15, -0.1) is 0 Å². The summed E-state index contributed by atoms with van der Waals surface area (Å²) in [5.41, 5.74) is 7.30. The normalized spacial score (nSPS) is 10.0. The predicted molar refractivity (Wildman–Crippen MR) is 113 cm³/mol. The number of carbonyl (C=O) groups is 2. The highest BCUT2D eigenvalue weighted by Gasteiger charge is 2.13. The van der Waals surface area contributed by atoms with E-state index in [1.54, 1.807) is 42.6 Å². The fourth-order valence-electron chi connectivity index (χ4n) is 2.43. The van der Waals surface area contributed by atoms with Crippen molar-refractivity contribution in [3.8, 4) is 5.88 Å². The van der Waals surface area contributed by atoms with E-state index in [2.05, 4.69) is 37.5 Å². The van der Waals surface area contributed by atoms with Gasteiger partial charge >= 0.3 is 0 Å². The van der Waals surface area contributed by atoms with Gasteiger partial charge < -0.3 is 26.4 Å². The molecule has 2 amide bonds. The standard InChI is InChI=1S/C20H19N7O3/c1-3-16(28)24-12-5-4-6-13(9-12)25-19-15(18(21)29)11-23-20(27-19)26-14-7-8-17(30-2)22-10-14/h3-11H,1H2,2H3,(H2,21,29)(H,24,28)(H2,23,25,26,27). The number of hydrogen-bond acceptors (Lipinski definition) is 8. The molecule has 5 N–H and O–H groups in total. The van der Waals surface area contributed by atoms with Crippen LogP contribution in [0, 0.1) is 0 Å². The van der Waals surface area contributed by atoms with Crippen molar-refractivity contribution >= 4 is 40.6 Å². The van der Waals surface area contributed by atoms with Crippen LogP contribution in [0.5, 0.6) is 5.88 Å². The molecule has 0 saturated heterocycles. The van der Waals surface area contributed by atoms with E-state index in [-0.39, 0.29) is 23.2 Å². The zero-order valence-corrected chi connectivity index (χ0v) is 16.0. The molecule has 1 aromatic carbocycles. The largest absolute Gasteiger partial charge is 0.481 e. The van der Waals surface area contributed by atoms with Gasteiger partial charge in [0.25, 0.3) is 5.91 Å². The first-order valence-corrected chi connectivity index (χ1v) is 8.73. The zero-order chi connectivity index (χ0) is 21.5. The van der Waals surface area contributed by atoms with Gasteiger partial charge in [0.05, 0.1) is 19.0 Å². The number of methoxy groups -OCH3 is 1. The van der Waals surface area contributed by atoms with Gasteiger partial charge in [-0.2, -0.15) is 4.98 Å². The lowest BCUT2D eigenvalue weighted by molar-refractivity contribution is -0.111. The lowest BCUT2D eigenvalue weighted by Gasteiger charge is -2.12. The Morgan fingerprint density at radius 1 is 1.07 bits per heavy atom. The van der Waals surface area contributed by atoms with E-state index < -0.39 is 5.91 Å². The van der Waals surface area contributed by atoms with E-state index >= 15 is 0 Å². The molecule has 0 fully saturated rings.